The van der Waals surface area contributed by atoms with Gasteiger partial charge in [0, 0.05) is 0 Å². The molecule has 0 aromatic carbocycles. The van der Waals surface area contributed by atoms with E-state index in [1.165, 1.54) is 64.2 Å². The summed E-state index contributed by atoms with van der Waals surface area (Å²) in [7, 11) is 0. The van der Waals surface area contributed by atoms with Gasteiger partial charge in [0.05, 0.1) is 0 Å². The maximum Gasteiger partial charge on any atom is -0.0233 e. The van der Waals surface area contributed by atoms with Gasteiger partial charge in [-0.1, -0.05) is 50.0 Å². The monoisotopic (exact) mass is 300 g/mol. The first-order valence-corrected chi connectivity index (χ1v) is 10.2. The van der Waals surface area contributed by atoms with Crippen LogP contribution in [0.1, 0.15) is 84.0 Å². The van der Waals surface area contributed by atoms with Crippen LogP contribution >= 0.6 is 0 Å². The van der Waals surface area contributed by atoms with Crippen LogP contribution in [0, 0.1) is 29.6 Å². The predicted molar refractivity (Wildman–Crippen MR) is 96.8 cm³/mol. The third-order valence-corrected chi connectivity index (χ3v) is 6.82. The lowest BCUT2D eigenvalue weighted by Gasteiger charge is -2.31. The largest absolute Gasteiger partial charge is 0.0914 e. The van der Waals surface area contributed by atoms with E-state index in [9.17, 15) is 0 Å². The van der Waals surface area contributed by atoms with Gasteiger partial charge in [-0.3, -0.25) is 0 Å². The lowest BCUT2D eigenvalue weighted by Crippen LogP contribution is -2.19. The summed E-state index contributed by atoms with van der Waals surface area (Å²) in [5, 5.41) is 0. The Labute approximate surface area is 138 Å². The van der Waals surface area contributed by atoms with Crippen molar-refractivity contribution in [2.75, 3.05) is 0 Å². The zero-order valence-electron chi connectivity index (χ0n) is 14.7. The van der Waals surface area contributed by atoms with Crippen molar-refractivity contribution in [2.45, 2.75) is 84.0 Å². The average molecular weight is 301 g/mol. The summed E-state index contributed by atoms with van der Waals surface area (Å²) in [5.74, 6) is 4.85. The number of hydrogen-bond donors (Lipinski definition) is 0. The average Bonchev–Trinajstić information content (AvgIpc) is 3.09. The maximum absolute atomic E-state index is 2.62. The Morgan fingerprint density at radius 2 is 0.909 bits per heavy atom. The molecule has 0 aliphatic heterocycles. The highest BCUT2D eigenvalue weighted by Crippen LogP contribution is 2.41. The maximum atomic E-state index is 2.62. The molecule has 3 fully saturated rings. The minimum Gasteiger partial charge on any atom is -0.0914 e. The minimum atomic E-state index is 0.872. The van der Waals surface area contributed by atoms with Crippen molar-refractivity contribution < 1.29 is 0 Å². The number of allylic oxidation sites excluding steroid dienone is 4. The standard InChI is InChI=1S/C22H36/c1-2-5-18-8-10-19(11-9-18)12-13-20-14-16-22(17-15-20)21-6-3-4-7-21/h2,5,12-13,18-22H,3-4,6-11,14-17H2,1H3/b5-2+,13-12+. The van der Waals surface area contributed by atoms with Crippen molar-refractivity contribution >= 4 is 0 Å². The van der Waals surface area contributed by atoms with Gasteiger partial charge in [0.25, 0.3) is 0 Å². The van der Waals surface area contributed by atoms with Gasteiger partial charge in [-0.25, -0.2) is 0 Å². The second kappa shape index (κ2) is 8.37. The minimum absolute atomic E-state index is 0.872. The van der Waals surface area contributed by atoms with E-state index in [0.717, 1.165) is 29.6 Å². The summed E-state index contributed by atoms with van der Waals surface area (Å²) in [5.41, 5.74) is 0. The second-order valence-corrected chi connectivity index (χ2v) is 8.30. The summed E-state index contributed by atoms with van der Waals surface area (Å²) in [4.78, 5) is 0. The van der Waals surface area contributed by atoms with Crippen LogP contribution in [-0.4, -0.2) is 0 Å². The molecule has 0 heterocycles. The normalized spacial score (nSPS) is 38.2. The van der Waals surface area contributed by atoms with E-state index in [1.54, 1.807) is 12.8 Å². The highest BCUT2D eigenvalue weighted by Gasteiger charge is 2.28. The van der Waals surface area contributed by atoms with Crippen LogP contribution in [0.3, 0.4) is 0 Å². The molecule has 0 unspecified atom stereocenters. The van der Waals surface area contributed by atoms with Gasteiger partial charge >= 0.3 is 0 Å². The molecule has 0 N–H and O–H groups in total. The van der Waals surface area contributed by atoms with Crippen molar-refractivity contribution in [3.05, 3.63) is 24.3 Å². The fraction of sp³-hybridized carbons (Fsp3) is 0.818. The molecule has 3 rings (SSSR count). The molecule has 3 aliphatic rings. The highest BCUT2D eigenvalue weighted by atomic mass is 14.3. The Morgan fingerprint density at radius 1 is 0.500 bits per heavy atom. The molecule has 0 aromatic rings. The zero-order chi connectivity index (χ0) is 15.2. The third-order valence-electron chi connectivity index (χ3n) is 6.82. The molecule has 0 nitrogen and oxygen atoms in total. The first kappa shape index (κ1) is 16.3. The highest BCUT2D eigenvalue weighted by molar-refractivity contribution is 4.98. The van der Waals surface area contributed by atoms with E-state index in [4.69, 9.17) is 0 Å². The van der Waals surface area contributed by atoms with Crippen molar-refractivity contribution in [3.8, 4) is 0 Å². The van der Waals surface area contributed by atoms with Crippen LogP contribution in [0.25, 0.3) is 0 Å². The Morgan fingerprint density at radius 3 is 1.41 bits per heavy atom. The Bertz CT molecular complexity index is 355. The van der Waals surface area contributed by atoms with E-state index in [1.807, 2.05) is 0 Å². The fourth-order valence-corrected chi connectivity index (χ4v) is 5.35. The van der Waals surface area contributed by atoms with Crippen molar-refractivity contribution in [1.29, 1.82) is 0 Å². The van der Waals surface area contributed by atoms with Gasteiger partial charge in [-0.05, 0) is 87.9 Å². The van der Waals surface area contributed by atoms with E-state index in [2.05, 4.69) is 31.2 Å². The van der Waals surface area contributed by atoms with Gasteiger partial charge in [-0.2, -0.15) is 0 Å². The molecule has 0 aromatic heterocycles. The van der Waals surface area contributed by atoms with Crippen LogP contribution in [0.15, 0.2) is 24.3 Å². The molecule has 3 aliphatic carbocycles. The van der Waals surface area contributed by atoms with Gasteiger partial charge in [-0.15, -0.1) is 0 Å². The lowest BCUT2D eigenvalue weighted by molar-refractivity contribution is 0.225. The van der Waals surface area contributed by atoms with Gasteiger partial charge in [0.15, 0.2) is 0 Å². The topological polar surface area (TPSA) is 0 Å². The summed E-state index contributed by atoms with van der Waals surface area (Å²) in [6.07, 6.45) is 27.7. The fourth-order valence-electron chi connectivity index (χ4n) is 5.35. The SMILES string of the molecule is C/C=C/C1CCC(/C=C/C2CCC(C3CCCC3)CC2)CC1. The quantitative estimate of drug-likeness (QED) is 0.494. The Balaban J connectivity index is 1.37. The molecule has 22 heavy (non-hydrogen) atoms. The van der Waals surface area contributed by atoms with E-state index >= 15 is 0 Å². The molecule has 0 amide bonds. The van der Waals surface area contributed by atoms with E-state index < -0.39 is 0 Å². The van der Waals surface area contributed by atoms with Gasteiger partial charge in [0.1, 0.15) is 0 Å². The molecule has 0 atom stereocenters. The predicted octanol–water partition coefficient (Wildman–Crippen LogP) is 6.92. The molecular weight excluding hydrogens is 264 g/mol. The molecule has 0 spiro atoms. The summed E-state index contributed by atoms with van der Waals surface area (Å²) in [6, 6.07) is 0. The van der Waals surface area contributed by atoms with Crippen LogP contribution < -0.4 is 0 Å². The van der Waals surface area contributed by atoms with Crippen LogP contribution in [-0.2, 0) is 0 Å². The van der Waals surface area contributed by atoms with Crippen LogP contribution in [0.2, 0.25) is 0 Å². The Kier molecular flexibility index (Phi) is 6.21. The summed E-state index contributed by atoms with van der Waals surface area (Å²) in [6.45, 7) is 2.16. The zero-order valence-corrected chi connectivity index (χ0v) is 14.7. The molecule has 124 valence electrons. The smallest absolute Gasteiger partial charge is 0.0233 e. The lowest BCUT2D eigenvalue weighted by atomic mass is 9.74. The van der Waals surface area contributed by atoms with Crippen LogP contribution in [0.5, 0.6) is 0 Å². The summed E-state index contributed by atoms with van der Waals surface area (Å²) >= 11 is 0. The van der Waals surface area contributed by atoms with Gasteiger partial charge in [0.2, 0.25) is 0 Å². The molecule has 0 heteroatoms. The first-order valence-electron chi connectivity index (χ1n) is 10.2. The van der Waals surface area contributed by atoms with E-state index in [0.29, 0.717) is 0 Å². The molecule has 0 radical (unpaired) electrons. The second-order valence-electron chi connectivity index (χ2n) is 8.30. The summed E-state index contributed by atoms with van der Waals surface area (Å²) < 4.78 is 0. The molecule has 0 bridgehead atoms. The van der Waals surface area contributed by atoms with E-state index in [-0.39, 0.29) is 0 Å². The van der Waals surface area contributed by atoms with Crippen molar-refractivity contribution in [1.82, 2.24) is 0 Å². The Hall–Kier alpha value is -0.520. The first-order chi connectivity index (χ1) is 10.8. The number of rotatable bonds is 4. The molecule has 3 saturated carbocycles. The number of hydrogen-bond acceptors (Lipinski definition) is 0. The van der Waals surface area contributed by atoms with Crippen LogP contribution in [0.4, 0.5) is 0 Å². The van der Waals surface area contributed by atoms with Crippen molar-refractivity contribution in [2.24, 2.45) is 29.6 Å². The third kappa shape index (κ3) is 4.49. The molecular formula is C22H36. The van der Waals surface area contributed by atoms with Gasteiger partial charge < -0.3 is 0 Å². The molecule has 0 saturated heterocycles. The van der Waals surface area contributed by atoms with Crippen molar-refractivity contribution in [3.63, 3.8) is 0 Å².